The van der Waals surface area contributed by atoms with Gasteiger partial charge in [0.15, 0.2) is 5.78 Å². The molecule has 0 bridgehead atoms. The number of likely N-dealkylation sites (tertiary alicyclic amines) is 1. The van der Waals surface area contributed by atoms with Crippen molar-refractivity contribution in [3.63, 3.8) is 0 Å². The molecule has 5 nitrogen and oxygen atoms in total. The van der Waals surface area contributed by atoms with E-state index in [1.54, 1.807) is 25.3 Å². The first-order valence-electron chi connectivity index (χ1n) is 10.3. The maximum atomic E-state index is 12.6. The van der Waals surface area contributed by atoms with Crippen molar-refractivity contribution in [2.75, 3.05) is 20.2 Å². The molecule has 0 radical (unpaired) electrons. The van der Waals surface area contributed by atoms with Crippen molar-refractivity contribution in [1.82, 2.24) is 10.2 Å². The van der Waals surface area contributed by atoms with Gasteiger partial charge in [0.2, 0.25) is 5.91 Å². The summed E-state index contributed by atoms with van der Waals surface area (Å²) >= 11 is 0. The molecule has 0 saturated carbocycles. The molecule has 1 saturated heterocycles. The molecule has 5 heteroatoms. The zero-order chi connectivity index (χ0) is 20.6. The summed E-state index contributed by atoms with van der Waals surface area (Å²) in [7, 11) is 1.57. The predicted octanol–water partition coefficient (Wildman–Crippen LogP) is 3.74. The third-order valence-corrected chi connectivity index (χ3v) is 5.47. The van der Waals surface area contributed by atoms with Crippen LogP contribution in [0.2, 0.25) is 0 Å². The lowest BCUT2D eigenvalue weighted by atomic mass is 10.0. The normalized spacial score (nSPS) is 14.4. The lowest BCUT2D eigenvalue weighted by Crippen LogP contribution is -2.30. The Hall–Kier alpha value is -2.66. The smallest absolute Gasteiger partial charge is 0.224 e. The first-order chi connectivity index (χ1) is 14.1. The van der Waals surface area contributed by atoms with Gasteiger partial charge in [-0.15, -0.1) is 0 Å². The van der Waals surface area contributed by atoms with Crippen LogP contribution in [0.3, 0.4) is 0 Å². The van der Waals surface area contributed by atoms with E-state index in [4.69, 9.17) is 4.74 Å². The molecule has 3 rings (SSSR count). The van der Waals surface area contributed by atoms with Gasteiger partial charge >= 0.3 is 0 Å². The van der Waals surface area contributed by atoms with Crippen molar-refractivity contribution in [2.24, 2.45) is 0 Å². The molecular formula is C24H30N2O3. The number of amides is 1. The average Bonchev–Trinajstić information content (AvgIpc) is 2.74. The number of methoxy groups -OCH3 is 1. The minimum absolute atomic E-state index is 0.0269. The summed E-state index contributed by atoms with van der Waals surface area (Å²) in [5.74, 6) is 0.508. The largest absolute Gasteiger partial charge is 0.496 e. The fraction of sp³-hybridized carbons (Fsp3) is 0.417. The highest BCUT2D eigenvalue weighted by Crippen LogP contribution is 2.21. The Morgan fingerprint density at radius 1 is 1.00 bits per heavy atom. The van der Waals surface area contributed by atoms with E-state index >= 15 is 0 Å². The number of ether oxygens (including phenoxy) is 1. The van der Waals surface area contributed by atoms with E-state index in [9.17, 15) is 9.59 Å². The number of Topliss-reactive ketones (excluding diaryl/α,β-unsaturated/α-hetero) is 1. The van der Waals surface area contributed by atoms with Gasteiger partial charge in [-0.3, -0.25) is 14.5 Å². The Balaban J connectivity index is 1.62. The Morgan fingerprint density at radius 2 is 1.72 bits per heavy atom. The van der Waals surface area contributed by atoms with Crippen LogP contribution in [-0.2, 0) is 24.3 Å². The van der Waals surface area contributed by atoms with Crippen LogP contribution < -0.4 is 10.1 Å². The number of ketones is 1. The summed E-state index contributed by atoms with van der Waals surface area (Å²) in [4.78, 5) is 26.7. The Kier molecular flexibility index (Phi) is 7.42. The molecule has 2 aromatic rings. The number of hydrogen-bond donors (Lipinski definition) is 1. The van der Waals surface area contributed by atoms with Crippen molar-refractivity contribution in [3.05, 3.63) is 64.7 Å². The molecule has 1 N–H and O–H groups in total. The maximum Gasteiger partial charge on any atom is 0.224 e. The number of nitrogens with one attached hydrogen (secondary N) is 1. The van der Waals surface area contributed by atoms with Crippen LogP contribution in [0, 0.1) is 0 Å². The van der Waals surface area contributed by atoms with E-state index in [0.717, 1.165) is 30.8 Å². The van der Waals surface area contributed by atoms with E-state index in [0.29, 0.717) is 17.9 Å². The molecule has 0 aromatic heterocycles. The third kappa shape index (κ3) is 5.91. The molecule has 154 valence electrons. The summed E-state index contributed by atoms with van der Waals surface area (Å²) in [6, 6.07) is 13.5. The molecule has 1 aliphatic heterocycles. The number of benzene rings is 2. The fourth-order valence-corrected chi connectivity index (χ4v) is 3.81. The van der Waals surface area contributed by atoms with Gasteiger partial charge in [-0.1, -0.05) is 30.7 Å². The third-order valence-electron chi connectivity index (χ3n) is 5.47. The van der Waals surface area contributed by atoms with Crippen molar-refractivity contribution in [1.29, 1.82) is 0 Å². The van der Waals surface area contributed by atoms with Crippen molar-refractivity contribution in [2.45, 2.75) is 45.7 Å². The second-order valence-corrected chi connectivity index (χ2v) is 7.64. The highest BCUT2D eigenvalue weighted by molar-refractivity contribution is 5.94. The first-order valence-corrected chi connectivity index (χ1v) is 10.3. The quantitative estimate of drug-likeness (QED) is 0.693. The molecule has 0 spiro atoms. The van der Waals surface area contributed by atoms with Gasteiger partial charge in [0, 0.05) is 24.2 Å². The van der Waals surface area contributed by atoms with E-state index in [-0.39, 0.29) is 18.1 Å². The summed E-state index contributed by atoms with van der Waals surface area (Å²) in [5.41, 5.74) is 3.72. The monoisotopic (exact) mass is 394 g/mol. The zero-order valence-corrected chi connectivity index (χ0v) is 17.4. The van der Waals surface area contributed by atoms with Crippen LogP contribution in [0.4, 0.5) is 0 Å². The summed E-state index contributed by atoms with van der Waals surface area (Å²) in [6.07, 6.45) is 4.03. The fourth-order valence-electron chi connectivity index (χ4n) is 3.81. The second-order valence-electron chi connectivity index (χ2n) is 7.64. The van der Waals surface area contributed by atoms with Gasteiger partial charge in [-0.05, 0) is 62.2 Å². The highest BCUT2D eigenvalue weighted by atomic mass is 16.5. The molecule has 1 aliphatic rings. The molecule has 0 aliphatic carbocycles. The average molecular weight is 395 g/mol. The lowest BCUT2D eigenvalue weighted by Gasteiger charge is -2.27. The highest BCUT2D eigenvalue weighted by Gasteiger charge is 2.14. The standard InChI is InChI=1S/C24H30N2O3/c1-18(27)19-10-11-23(29-2)22(14-19)15-24(28)25-16-20-8-4-5-9-21(20)17-26-12-6-3-7-13-26/h4-5,8-11,14H,3,6-7,12-13,15-17H2,1-2H3,(H,25,28). The Labute approximate surface area is 173 Å². The van der Waals surface area contributed by atoms with Crippen LogP contribution in [-0.4, -0.2) is 36.8 Å². The van der Waals surface area contributed by atoms with Gasteiger partial charge in [-0.25, -0.2) is 0 Å². The number of carbonyl (C=O) groups excluding carboxylic acids is 2. The first kappa shape index (κ1) is 21.1. The van der Waals surface area contributed by atoms with Crippen LogP contribution >= 0.6 is 0 Å². The van der Waals surface area contributed by atoms with Crippen LogP contribution in [0.1, 0.15) is 53.2 Å². The predicted molar refractivity (Wildman–Crippen MR) is 114 cm³/mol. The number of hydrogen-bond acceptors (Lipinski definition) is 4. The number of piperidine rings is 1. The molecule has 2 aromatic carbocycles. The zero-order valence-electron chi connectivity index (χ0n) is 17.4. The van der Waals surface area contributed by atoms with Gasteiger partial charge in [0.25, 0.3) is 0 Å². The Bertz CT molecular complexity index is 857. The summed E-state index contributed by atoms with van der Waals surface area (Å²) in [5, 5.41) is 3.03. The molecule has 1 amide bonds. The molecule has 0 atom stereocenters. The molecule has 29 heavy (non-hydrogen) atoms. The number of carbonyl (C=O) groups is 2. The van der Waals surface area contributed by atoms with Crippen molar-refractivity contribution in [3.8, 4) is 5.75 Å². The van der Waals surface area contributed by atoms with E-state index in [1.165, 1.54) is 31.7 Å². The van der Waals surface area contributed by atoms with Gasteiger partial charge in [0.1, 0.15) is 5.75 Å². The molecule has 1 fully saturated rings. The van der Waals surface area contributed by atoms with Crippen LogP contribution in [0.5, 0.6) is 5.75 Å². The van der Waals surface area contributed by atoms with Crippen molar-refractivity contribution >= 4 is 11.7 Å². The van der Waals surface area contributed by atoms with Crippen LogP contribution in [0.25, 0.3) is 0 Å². The van der Waals surface area contributed by atoms with E-state index in [1.807, 2.05) is 6.07 Å². The maximum absolute atomic E-state index is 12.6. The molecule has 1 heterocycles. The van der Waals surface area contributed by atoms with Crippen molar-refractivity contribution < 1.29 is 14.3 Å². The van der Waals surface area contributed by atoms with Crippen LogP contribution in [0.15, 0.2) is 42.5 Å². The summed E-state index contributed by atoms with van der Waals surface area (Å²) in [6.45, 7) is 5.24. The number of rotatable bonds is 8. The number of nitrogens with zero attached hydrogens (tertiary/aromatic N) is 1. The summed E-state index contributed by atoms with van der Waals surface area (Å²) < 4.78 is 5.35. The van der Waals surface area contributed by atoms with E-state index < -0.39 is 0 Å². The SMILES string of the molecule is COc1ccc(C(C)=O)cc1CC(=O)NCc1ccccc1CN1CCCCC1. The second kappa shape index (κ2) is 10.2. The minimum atomic E-state index is -0.0863. The van der Waals surface area contributed by atoms with E-state index in [2.05, 4.69) is 28.4 Å². The molecular weight excluding hydrogens is 364 g/mol. The minimum Gasteiger partial charge on any atom is -0.496 e. The topological polar surface area (TPSA) is 58.6 Å². The van der Waals surface area contributed by atoms with Gasteiger partial charge in [-0.2, -0.15) is 0 Å². The van der Waals surface area contributed by atoms with Gasteiger partial charge in [0.05, 0.1) is 13.5 Å². The van der Waals surface area contributed by atoms with Gasteiger partial charge < -0.3 is 10.1 Å². The molecule has 0 unspecified atom stereocenters. The Morgan fingerprint density at radius 3 is 2.41 bits per heavy atom. The lowest BCUT2D eigenvalue weighted by molar-refractivity contribution is -0.120.